The average Bonchev–Trinajstić information content (AvgIpc) is 3.44. The maximum Gasteiger partial charge on any atom is 0.127 e. The van der Waals surface area contributed by atoms with Crippen LogP contribution in [0, 0.1) is 11.8 Å². The average molecular weight is 596 g/mol. The van der Waals surface area contributed by atoms with Crippen LogP contribution in [-0.2, 0) is 10.8 Å². The Bertz CT molecular complexity index is 1410. The number of nitrogens with zero attached hydrogens (tertiary/aromatic N) is 1. The van der Waals surface area contributed by atoms with Crippen molar-refractivity contribution in [2.75, 3.05) is 0 Å². The van der Waals surface area contributed by atoms with Gasteiger partial charge >= 0.3 is 0 Å². The molecule has 0 amide bonds. The zero-order valence-electron chi connectivity index (χ0n) is 28.8. The Kier molecular flexibility index (Phi) is 7.73. The highest BCUT2D eigenvalue weighted by atomic mass is 28.3. The molecule has 2 saturated carbocycles. The number of ether oxygens (including phenoxy) is 1. The molecular formula is C40H57NOSi. The van der Waals surface area contributed by atoms with Gasteiger partial charge in [-0.3, -0.25) is 0 Å². The molecule has 0 radical (unpaired) electrons. The molecule has 43 heavy (non-hydrogen) atoms. The molecule has 0 bridgehead atoms. The molecule has 2 fully saturated rings. The summed E-state index contributed by atoms with van der Waals surface area (Å²) in [7, 11) is -1.73. The van der Waals surface area contributed by atoms with E-state index in [4.69, 9.17) is 4.74 Å². The van der Waals surface area contributed by atoms with E-state index in [9.17, 15) is 0 Å². The van der Waals surface area contributed by atoms with Crippen LogP contribution in [0.2, 0.25) is 18.6 Å². The lowest BCUT2D eigenvalue weighted by Gasteiger charge is -2.55. The molecule has 3 atom stereocenters. The van der Waals surface area contributed by atoms with E-state index in [2.05, 4.69) is 128 Å². The van der Waals surface area contributed by atoms with Gasteiger partial charge in [-0.1, -0.05) is 104 Å². The van der Waals surface area contributed by atoms with Crippen molar-refractivity contribution in [3.63, 3.8) is 0 Å². The Balaban J connectivity index is 1.30. The van der Waals surface area contributed by atoms with E-state index in [1.54, 1.807) is 5.57 Å². The third-order valence-corrected chi connectivity index (χ3v) is 16.3. The lowest BCUT2D eigenvalue weighted by Crippen LogP contribution is -2.64. The monoisotopic (exact) mass is 595 g/mol. The Morgan fingerprint density at radius 1 is 0.791 bits per heavy atom. The summed E-state index contributed by atoms with van der Waals surface area (Å²) in [5.41, 5.74) is 8.40. The van der Waals surface area contributed by atoms with Crippen molar-refractivity contribution >= 4 is 13.8 Å². The largest absolute Gasteiger partial charge is 0.457 e. The van der Waals surface area contributed by atoms with E-state index in [1.807, 2.05) is 0 Å². The van der Waals surface area contributed by atoms with Crippen LogP contribution in [0.3, 0.4) is 0 Å². The molecule has 2 aromatic rings. The molecule has 232 valence electrons. The van der Waals surface area contributed by atoms with Gasteiger partial charge in [-0.05, 0) is 115 Å². The van der Waals surface area contributed by atoms with Crippen LogP contribution in [0.15, 0.2) is 60.2 Å². The number of rotatable bonds is 5. The SMILES string of the molecule is CC(C)(C)c1ccc(Oc2ccc3c(c2)C(C)(C)C2=CC4CCC([Si](C)(C)N(C5CCCCC5)C(C)(C)C)C4C=C23)cc1. The van der Waals surface area contributed by atoms with Crippen LogP contribution in [-0.4, -0.2) is 24.4 Å². The van der Waals surface area contributed by atoms with E-state index in [-0.39, 0.29) is 16.4 Å². The molecule has 2 aromatic carbocycles. The second kappa shape index (κ2) is 10.8. The fourth-order valence-electron chi connectivity index (χ4n) is 9.72. The number of allylic oxidation sites excluding steroid dienone is 4. The zero-order chi connectivity index (χ0) is 30.9. The second-order valence-electron chi connectivity index (χ2n) is 17.3. The van der Waals surface area contributed by atoms with E-state index in [0.29, 0.717) is 11.8 Å². The summed E-state index contributed by atoms with van der Waals surface area (Å²) in [6, 6.07) is 16.3. The molecule has 0 aromatic heterocycles. The van der Waals surface area contributed by atoms with Gasteiger partial charge in [0.25, 0.3) is 0 Å². The molecule has 0 N–H and O–H groups in total. The van der Waals surface area contributed by atoms with Crippen molar-refractivity contribution in [2.24, 2.45) is 11.8 Å². The first kappa shape index (κ1) is 30.9. The first-order valence-electron chi connectivity index (χ1n) is 17.3. The van der Waals surface area contributed by atoms with Gasteiger partial charge in [0, 0.05) is 17.0 Å². The lowest BCUT2D eigenvalue weighted by molar-refractivity contribution is 0.140. The Morgan fingerprint density at radius 3 is 2.07 bits per heavy atom. The molecular weight excluding hydrogens is 539 g/mol. The van der Waals surface area contributed by atoms with Crippen molar-refractivity contribution in [1.82, 2.24) is 4.57 Å². The minimum absolute atomic E-state index is 0.00776. The number of hydrogen-bond acceptors (Lipinski definition) is 2. The van der Waals surface area contributed by atoms with Gasteiger partial charge in [0.05, 0.1) is 0 Å². The van der Waals surface area contributed by atoms with E-state index >= 15 is 0 Å². The molecule has 4 aliphatic carbocycles. The first-order chi connectivity index (χ1) is 20.1. The highest BCUT2D eigenvalue weighted by Gasteiger charge is 2.53. The van der Waals surface area contributed by atoms with Crippen LogP contribution in [0.4, 0.5) is 0 Å². The van der Waals surface area contributed by atoms with Gasteiger partial charge in [0.15, 0.2) is 0 Å². The van der Waals surface area contributed by atoms with Gasteiger partial charge in [-0.25, -0.2) is 0 Å². The van der Waals surface area contributed by atoms with Crippen LogP contribution in [0.5, 0.6) is 11.5 Å². The quantitative estimate of drug-likeness (QED) is 0.319. The van der Waals surface area contributed by atoms with Crippen LogP contribution in [0.25, 0.3) is 5.57 Å². The molecule has 6 rings (SSSR count). The molecule has 0 heterocycles. The van der Waals surface area contributed by atoms with E-state index in [1.165, 1.54) is 67.2 Å². The Hall–Kier alpha value is -2.10. The summed E-state index contributed by atoms with van der Waals surface area (Å²) in [5, 5.41) is 0. The fourth-order valence-corrected chi connectivity index (χ4v) is 15.2. The fraction of sp³-hybridized carbons (Fsp3) is 0.600. The second-order valence-corrected chi connectivity index (χ2v) is 21.8. The zero-order valence-corrected chi connectivity index (χ0v) is 29.8. The van der Waals surface area contributed by atoms with Gasteiger partial charge in [0.1, 0.15) is 19.7 Å². The third-order valence-electron chi connectivity index (χ3n) is 11.6. The van der Waals surface area contributed by atoms with Crippen molar-refractivity contribution in [3.8, 4) is 11.5 Å². The summed E-state index contributed by atoms with van der Waals surface area (Å²) in [6.07, 6.45) is 15.2. The number of hydrogen-bond donors (Lipinski definition) is 0. The van der Waals surface area contributed by atoms with Crippen molar-refractivity contribution in [1.29, 1.82) is 0 Å². The van der Waals surface area contributed by atoms with Gasteiger partial charge < -0.3 is 9.30 Å². The maximum atomic E-state index is 6.43. The summed E-state index contributed by atoms with van der Waals surface area (Å²) in [5.74, 6) is 3.18. The predicted molar refractivity (Wildman–Crippen MR) is 187 cm³/mol. The predicted octanol–water partition coefficient (Wildman–Crippen LogP) is 11.4. The van der Waals surface area contributed by atoms with E-state index in [0.717, 1.165) is 23.1 Å². The number of benzene rings is 2. The Morgan fingerprint density at radius 2 is 1.44 bits per heavy atom. The van der Waals surface area contributed by atoms with Crippen LogP contribution in [0.1, 0.15) is 117 Å². The maximum absolute atomic E-state index is 6.43. The molecule has 0 saturated heterocycles. The first-order valence-corrected chi connectivity index (χ1v) is 20.3. The number of fused-ring (bicyclic) bond motifs is 4. The summed E-state index contributed by atoms with van der Waals surface area (Å²) in [4.78, 5) is 0. The summed E-state index contributed by atoms with van der Waals surface area (Å²) >= 11 is 0. The summed E-state index contributed by atoms with van der Waals surface area (Å²) in [6.45, 7) is 24.6. The van der Waals surface area contributed by atoms with Gasteiger partial charge in [-0.2, -0.15) is 0 Å². The van der Waals surface area contributed by atoms with Crippen LogP contribution >= 0.6 is 0 Å². The molecule has 3 unspecified atom stereocenters. The summed E-state index contributed by atoms with van der Waals surface area (Å²) < 4.78 is 9.54. The molecule has 0 aliphatic heterocycles. The van der Waals surface area contributed by atoms with E-state index < -0.39 is 8.24 Å². The topological polar surface area (TPSA) is 12.5 Å². The highest BCUT2D eigenvalue weighted by molar-refractivity contribution is 6.76. The minimum atomic E-state index is -1.73. The molecule has 3 heteroatoms. The molecule has 4 aliphatic rings. The third kappa shape index (κ3) is 5.52. The molecule has 2 nitrogen and oxygen atoms in total. The Labute approximate surface area is 264 Å². The van der Waals surface area contributed by atoms with Crippen molar-refractivity contribution in [3.05, 3.63) is 76.9 Å². The van der Waals surface area contributed by atoms with Crippen LogP contribution < -0.4 is 4.74 Å². The lowest BCUT2D eigenvalue weighted by atomic mass is 9.76. The normalized spacial score (nSPS) is 25.6. The molecule has 0 spiro atoms. The minimum Gasteiger partial charge on any atom is -0.457 e. The smallest absolute Gasteiger partial charge is 0.127 e. The van der Waals surface area contributed by atoms with Crippen molar-refractivity contribution < 1.29 is 4.74 Å². The van der Waals surface area contributed by atoms with Gasteiger partial charge in [-0.15, -0.1) is 0 Å². The van der Waals surface area contributed by atoms with Crippen molar-refractivity contribution in [2.45, 2.75) is 141 Å². The van der Waals surface area contributed by atoms with Gasteiger partial charge in [0.2, 0.25) is 0 Å². The highest BCUT2D eigenvalue weighted by Crippen LogP contribution is 2.59. The standard InChI is InChI=1S/C40H57NOSi/c1-38(2,3)28-17-19-30(20-18-28)42-31-21-22-32-34-26-33-27(24-35(34)40(7,8)36(32)25-31)16-23-37(33)43(9,10)41(39(4,5)6)29-14-12-11-13-15-29/h17-22,24-27,29,33,37H,11-16,23H2,1-10H3.